The van der Waals surface area contributed by atoms with E-state index in [1.165, 1.54) is 0 Å². The van der Waals surface area contributed by atoms with Gasteiger partial charge in [-0.3, -0.25) is 4.57 Å². The summed E-state index contributed by atoms with van der Waals surface area (Å²) < 4.78 is 16.1. The molecule has 3 unspecified atom stereocenters. The first kappa shape index (κ1) is 21.0. The van der Waals surface area contributed by atoms with Gasteiger partial charge < -0.3 is 24.7 Å². The van der Waals surface area contributed by atoms with E-state index >= 15 is 0 Å². The van der Waals surface area contributed by atoms with E-state index in [1.54, 1.807) is 49.5 Å². The van der Waals surface area contributed by atoms with Gasteiger partial charge in [-0.1, -0.05) is 49.5 Å². The highest BCUT2D eigenvalue weighted by Gasteiger charge is 2.22. The van der Waals surface area contributed by atoms with Crippen LogP contribution in [0, 0.1) is 5.92 Å². The molecule has 0 aliphatic carbocycles. The number of hydrogen-bond donors (Lipinski definition) is 4. The monoisotopic (exact) mass is 332 g/mol. The summed E-state index contributed by atoms with van der Waals surface area (Å²) in [6.07, 6.45) is 9.60. The Morgan fingerprint density at radius 2 is 1.86 bits per heavy atom. The summed E-state index contributed by atoms with van der Waals surface area (Å²) in [6, 6.07) is 0. The van der Waals surface area contributed by atoms with Crippen molar-refractivity contribution in [2.45, 2.75) is 25.6 Å². The van der Waals surface area contributed by atoms with E-state index in [9.17, 15) is 9.67 Å². The van der Waals surface area contributed by atoms with Crippen LogP contribution in [-0.4, -0.2) is 45.2 Å². The molecule has 3 atom stereocenters. The zero-order valence-electron chi connectivity index (χ0n) is 12.7. The summed E-state index contributed by atoms with van der Waals surface area (Å²) in [5.41, 5.74) is 0. The zero-order chi connectivity index (χ0) is 17.0. The van der Waals surface area contributed by atoms with Crippen LogP contribution in [0.1, 0.15) is 13.3 Å². The SMILES string of the molecule is C=CC(C)C(CC(O)\C=C/C=C\C=C\CO)OCP(=O)(O)O. The summed E-state index contributed by atoms with van der Waals surface area (Å²) in [4.78, 5) is 17.7. The summed E-state index contributed by atoms with van der Waals surface area (Å²) in [5, 5.41) is 18.4. The highest BCUT2D eigenvalue weighted by Crippen LogP contribution is 2.35. The molecule has 0 aromatic rings. The second kappa shape index (κ2) is 11.5. The average Bonchev–Trinajstić information content (AvgIpc) is 2.45. The highest BCUT2D eigenvalue weighted by atomic mass is 31.2. The minimum Gasteiger partial charge on any atom is -0.392 e. The fraction of sp³-hybridized carbons (Fsp3) is 0.467. The summed E-state index contributed by atoms with van der Waals surface area (Å²) in [5.74, 6) is -0.155. The predicted molar refractivity (Wildman–Crippen MR) is 86.3 cm³/mol. The summed E-state index contributed by atoms with van der Waals surface area (Å²) in [7, 11) is -4.25. The molecule has 6 nitrogen and oxygen atoms in total. The fourth-order valence-corrected chi connectivity index (χ4v) is 1.94. The van der Waals surface area contributed by atoms with Crippen molar-refractivity contribution in [1.82, 2.24) is 0 Å². The first-order valence-electron chi connectivity index (χ1n) is 6.87. The Kier molecular flexibility index (Phi) is 11.0. The van der Waals surface area contributed by atoms with Crippen molar-refractivity contribution in [3.8, 4) is 0 Å². The molecule has 0 spiro atoms. The lowest BCUT2D eigenvalue weighted by Crippen LogP contribution is -2.26. The van der Waals surface area contributed by atoms with E-state index in [2.05, 4.69) is 6.58 Å². The molecular formula is C15H25O6P. The van der Waals surface area contributed by atoms with Gasteiger partial charge in [0, 0.05) is 12.3 Å². The summed E-state index contributed by atoms with van der Waals surface area (Å²) in [6.45, 7) is 5.39. The van der Waals surface area contributed by atoms with Crippen LogP contribution in [0.2, 0.25) is 0 Å². The Balaban J connectivity index is 4.48. The van der Waals surface area contributed by atoms with Gasteiger partial charge in [-0.2, -0.15) is 0 Å². The molecule has 0 heterocycles. The lowest BCUT2D eigenvalue weighted by Gasteiger charge is -2.23. The minimum atomic E-state index is -4.25. The van der Waals surface area contributed by atoms with Crippen LogP contribution >= 0.6 is 7.60 Å². The molecule has 126 valence electrons. The second-order valence-electron chi connectivity index (χ2n) is 4.78. The van der Waals surface area contributed by atoms with E-state index < -0.39 is 26.2 Å². The second-order valence-corrected chi connectivity index (χ2v) is 6.36. The number of ether oxygens (including phenoxy) is 1. The normalized spacial score (nSPS) is 17.3. The Hall–Kier alpha value is -1.01. The number of hydrogen-bond acceptors (Lipinski definition) is 4. The maximum atomic E-state index is 10.9. The van der Waals surface area contributed by atoms with E-state index in [0.29, 0.717) is 0 Å². The van der Waals surface area contributed by atoms with Crippen molar-refractivity contribution >= 4 is 7.60 Å². The van der Waals surface area contributed by atoms with Crippen LogP contribution in [0.5, 0.6) is 0 Å². The topological polar surface area (TPSA) is 107 Å². The van der Waals surface area contributed by atoms with E-state index in [-0.39, 0.29) is 18.9 Å². The molecule has 0 aliphatic heterocycles. The number of aliphatic hydroxyl groups is 2. The maximum Gasteiger partial charge on any atom is 0.350 e. The molecule has 0 amide bonds. The summed E-state index contributed by atoms with van der Waals surface area (Å²) >= 11 is 0. The van der Waals surface area contributed by atoms with Gasteiger partial charge in [0.2, 0.25) is 0 Å². The molecule has 0 rings (SSSR count). The van der Waals surface area contributed by atoms with Gasteiger partial charge in [-0.05, 0) is 0 Å². The molecule has 0 radical (unpaired) electrons. The van der Waals surface area contributed by atoms with Crippen molar-refractivity contribution in [2.75, 3.05) is 13.0 Å². The third kappa shape index (κ3) is 11.6. The predicted octanol–water partition coefficient (Wildman–Crippen LogP) is 1.74. The molecule has 0 saturated heterocycles. The van der Waals surface area contributed by atoms with Crippen LogP contribution < -0.4 is 0 Å². The van der Waals surface area contributed by atoms with Crippen molar-refractivity contribution < 1.29 is 29.3 Å². The van der Waals surface area contributed by atoms with Crippen molar-refractivity contribution in [2.24, 2.45) is 5.92 Å². The van der Waals surface area contributed by atoms with Crippen LogP contribution in [-0.2, 0) is 9.30 Å². The van der Waals surface area contributed by atoms with Gasteiger partial charge in [0.25, 0.3) is 0 Å². The Morgan fingerprint density at radius 3 is 2.41 bits per heavy atom. The molecule has 22 heavy (non-hydrogen) atoms. The molecule has 0 aromatic carbocycles. The lowest BCUT2D eigenvalue weighted by atomic mass is 9.99. The first-order chi connectivity index (χ1) is 10.3. The standard InChI is InChI=1S/C15H25O6P/c1-3-13(2)15(21-12-22(18,19)20)11-14(17)9-7-5-4-6-8-10-16/h3-9,13-17H,1,10-12H2,2H3,(H2,18,19,20)/b5-4-,8-6+,9-7-. The van der Waals surface area contributed by atoms with Crippen LogP contribution in [0.4, 0.5) is 0 Å². The fourth-order valence-electron chi connectivity index (χ4n) is 1.56. The van der Waals surface area contributed by atoms with Crippen molar-refractivity contribution in [3.05, 3.63) is 49.1 Å². The van der Waals surface area contributed by atoms with Crippen LogP contribution in [0.25, 0.3) is 0 Å². The van der Waals surface area contributed by atoms with Gasteiger partial charge >= 0.3 is 7.60 Å². The maximum absolute atomic E-state index is 10.9. The number of rotatable bonds is 11. The molecule has 0 aromatic heterocycles. The molecule has 7 heteroatoms. The van der Waals surface area contributed by atoms with Crippen molar-refractivity contribution in [3.63, 3.8) is 0 Å². The molecular weight excluding hydrogens is 307 g/mol. The van der Waals surface area contributed by atoms with E-state index in [0.717, 1.165) is 0 Å². The number of aliphatic hydroxyl groups excluding tert-OH is 2. The molecule has 0 aliphatic rings. The molecule has 0 bridgehead atoms. The Labute approximate surface area is 131 Å². The van der Waals surface area contributed by atoms with Gasteiger partial charge in [0.1, 0.15) is 6.35 Å². The van der Waals surface area contributed by atoms with Gasteiger partial charge in [-0.15, -0.1) is 6.58 Å². The molecule has 0 saturated carbocycles. The Bertz CT molecular complexity index is 437. The third-order valence-corrected chi connectivity index (χ3v) is 3.28. The average molecular weight is 332 g/mol. The van der Waals surface area contributed by atoms with E-state index in [4.69, 9.17) is 19.6 Å². The zero-order valence-corrected chi connectivity index (χ0v) is 13.5. The highest BCUT2D eigenvalue weighted by molar-refractivity contribution is 7.51. The van der Waals surface area contributed by atoms with Gasteiger partial charge in [-0.25, -0.2) is 0 Å². The molecule has 4 N–H and O–H groups in total. The lowest BCUT2D eigenvalue weighted by molar-refractivity contribution is 0.0196. The first-order valence-corrected chi connectivity index (χ1v) is 8.67. The van der Waals surface area contributed by atoms with Gasteiger partial charge in [0.15, 0.2) is 0 Å². The largest absolute Gasteiger partial charge is 0.392 e. The van der Waals surface area contributed by atoms with Crippen LogP contribution in [0.3, 0.4) is 0 Å². The Morgan fingerprint density at radius 1 is 1.23 bits per heavy atom. The van der Waals surface area contributed by atoms with E-state index in [1.807, 2.05) is 0 Å². The third-order valence-electron chi connectivity index (χ3n) is 2.80. The minimum absolute atomic E-state index is 0.0330. The van der Waals surface area contributed by atoms with Gasteiger partial charge in [0.05, 0.1) is 18.8 Å². The quantitative estimate of drug-likeness (QED) is 0.261. The molecule has 0 fully saturated rings. The smallest absolute Gasteiger partial charge is 0.350 e. The van der Waals surface area contributed by atoms with Crippen LogP contribution in [0.15, 0.2) is 49.1 Å². The number of allylic oxidation sites excluding steroid dienone is 4. The van der Waals surface area contributed by atoms with Crippen molar-refractivity contribution in [1.29, 1.82) is 0 Å².